The minimum Gasteiger partial charge on any atom is -0.467 e. The maximum atomic E-state index is 11.7. The van der Waals surface area contributed by atoms with Gasteiger partial charge in [-0.1, -0.05) is 0 Å². The Balaban J connectivity index is 2.47. The second-order valence-corrected chi connectivity index (χ2v) is 4.08. The van der Waals surface area contributed by atoms with E-state index in [0.717, 1.165) is 18.0 Å². The molecule has 1 aliphatic carbocycles. The lowest BCUT2D eigenvalue weighted by atomic mass is 10.3. The molecule has 1 heterocycles. The average molecular weight is 269 g/mol. The van der Waals surface area contributed by atoms with Gasteiger partial charge in [-0.2, -0.15) is 5.10 Å². The van der Waals surface area contributed by atoms with Gasteiger partial charge >= 0.3 is 17.6 Å². The highest BCUT2D eigenvalue weighted by atomic mass is 16.6. The summed E-state index contributed by atoms with van der Waals surface area (Å²) in [5.74, 6) is -1.47. The van der Waals surface area contributed by atoms with Gasteiger partial charge in [0.15, 0.2) is 5.54 Å². The first-order chi connectivity index (χ1) is 8.96. The predicted molar refractivity (Wildman–Crippen MR) is 59.4 cm³/mol. The van der Waals surface area contributed by atoms with Crippen molar-refractivity contribution in [3.63, 3.8) is 0 Å². The quantitative estimate of drug-likeness (QED) is 0.437. The van der Waals surface area contributed by atoms with Crippen LogP contribution in [0.5, 0.6) is 0 Å². The van der Waals surface area contributed by atoms with Gasteiger partial charge in [-0.25, -0.2) is 14.3 Å². The summed E-state index contributed by atoms with van der Waals surface area (Å²) in [6.45, 7) is 0. The lowest BCUT2D eigenvalue weighted by molar-refractivity contribution is -0.385. The fourth-order valence-electron chi connectivity index (χ4n) is 1.79. The number of methoxy groups -OCH3 is 2. The summed E-state index contributed by atoms with van der Waals surface area (Å²) in [6, 6.07) is 0. The van der Waals surface area contributed by atoms with E-state index in [9.17, 15) is 19.7 Å². The van der Waals surface area contributed by atoms with Crippen LogP contribution >= 0.6 is 0 Å². The third kappa shape index (κ3) is 1.92. The van der Waals surface area contributed by atoms with Crippen LogP contribution in [0.15, 0.2) is 6.20 Å². The number of nitrogens with zero attached hydrogens (tertiary/aromatic N) is 3. The van der Waals surface area contributed by atoms with Crippen LogP contribution in [0.3, 0.4) is 0 Å². The Morgan fingerprint density at radius 3 is 2.47 bits per heavy atom. The molecule has 0 unspecified atom stereocenters. The highest BCUT2D eigenvalue weighted by Crippen LogP contribution is 2.45. The Labute approximate surface area is 107 Å². The molecule has 0 spiro atoms. The van der Waals surface area contributed by atoms with Crippen molar-refractivity contribution in [2.75, 3.05) is 14.2 Å². The number of aromatic nitrogens is 2. The third-order valence-corrected chi connectivity index (χ3v) is 3.00. The van der Waals surface area contributed by atoms with E-state index < -0.39 is 33.8 Å². The smallest absolute Gasteiger partial charge is 0.365 e. The van der Waals surface area contributed by atoms with Gasteiger partial charge in [0, 0.05) is 0 Å². The van der Waals surface area contributed by atoms with Crippen molar-refractivity contribution in [3.05, 3.63) is 22.0 Å². The van der Waals surface area contributed by atoms with Gasteiger partial charge in [0.2, 0.25) is 5.69 Å². The Bertz CT molecular complexity index is 560. The Morgan fingerprint density at radius 1 is 1.42 bits per heavy atom. The van der Waals surface area contributed by atoms with Crippen LogP contribution < -0.4 is 0 Å². The SMILES string of the molecule is COC(=O)c1nn(C2(C(=O)OC)CC2)cc1[N+](=O)[O-]. The van der Waals surface area contributed by atoms with Gasteiger partial charge in [-0.15, -0.1) is 0 Å². The summed E-state index contributed by atoms with van der Waals surface area (Å²) in [7, 11) is 2.32. The van der Waals surface area contributed by atoms with Gasteiger partial charge in [-0.3, -0.25) is 10.1 Å². The van der Waals surface area contributed by atoms with Crippen LogP contribution in [0, 0.1) is 10.1 Å². The minimum absolute atomic E-state index is 0.428. The summed E-state index contributed by atoms with van der Waals surface area (Å²) < 4.78 is 10.2. The molecular weight excluding hydrogens is 258 g/mol. The van der Waals surface area contributed by atoms with Crippen molar-refractivity contribution in [3.8, 4) is 0 Å². The first-order valence-corrected chi connectivity index (χ1v) is 5.37. The number of carbonyl (C=O) groups excluding carboxylic acids is 2. The molecule has 19 heavy (non-hydrogen) atoms. The molecule has 9 heteroatoms. The zero-order chi connectivity index (χ0) is 14.2. The lowest BCUT2D eigenvalue weighted by Crippen LogP contribution is -2.29. The number of esters is 2. The fourth-order valence-corrected chi connectivity index (χ4v) is 1.79. The molecule has 0 bridgehead atoms. The fraction of sp³-hybridized carbons (Fsp3) is 0.500. The normalized spacial score (nSPS) is 15.7. The second-order valence-electron chi connectivity index (χ2n) is 4.08. The highest BCUT2D eigenvalue weighted by Gasteiger charge is 2.55. The van der Waals surface area contributed by atoms with Crippen LogP contribution in [0.1, 0.15) is 23.3 Å². The van der Waals surface area contributed by atoms with Gasteiger partial charge in [0.05, 0.1) is 19.1 Å². The molecule has 0 saturated heterocycles. The standard InChI is InChI=1S/C10H11N3O6/c1-18-8(14)7-6(13(16)17)5-12(11-7)10(3-4-10)9(15)19-2/h5H,3-4H2,1-2H3. The molecule has 0 amide bonds. The van der Waals surface area contributed by atoms with Crippen molar-refractivity contribution in [1.82, 2.24) is 9.78 Å². The van der Waals surface area contributed by atoms with Gasteiger partial charge in [0.25, 0.3) is 0 Å². The first kappa shape index (κ1) is 13.0. The van der Waals surface area contributed by atoms with E-state index in [2.05, 4.69) is 14.6 Å². The summed E-state index contributed by atoms with van der Waals surface area (Å²) in [6.07, 6.45) is 1.97. The van der Waals surface area contributed by atoms with Gasteiger partial charge < -0.3 is 9.47 Å². The summed E-state index contributed by atoms with van der Waals surface area (Å²) in [4.78, 5) is 33.2. The number of carbonyl (C=O) groups is 2. The molecule has 1 aliphatic rings. The largest absolute Gasteiger partial charge is 0.467 e. The molecule has 0 N–H and O–H groups in total. The van der Waals surface area contributed by atoms with E-state index in [1.807, 2.05) is 0 Å². The van der Waals surface area contributed by atoms with Crippen molar-refractivity contribution in [2.45, 2.75) is 18.4 Å². The Hall–Kier alpha value is -2.45. The molecule has 2 rings (SSSR count). The lowest BCUT2D eigenvalue weighted by Gasteiger charge is -2.11. The van der Waals surface area contributed by atoms with Crippen LogP contribution in [0.2, 0.25) is 0 Å². The van der Waals surface area contributed by atoms with E-state index >= 15 is 0 Å². The molecule has 0 aliphatic heterocycles. The van der Waals surface area contributed by atoms with Crippen molar-refractivity contribution < 1.29 is 24.0 Å². The topological polar surface area (TPSA) is 114 Å². The third-order valence-electron chi connectivity index (χ3n) is 3.00. The predicted octanol–water partition coefficient (Wildman–Crippen LogP) is 0.240. The maximum Gasteiger partial charge on any atom is 0.365 e. The van der Waals surface area contributed by atoms with E-state index in [1.54, 1.807) is 0 Å². The number of rotatable bonds is 4. The number of hydrogen-bond acceptors (Lipinski definition) is 7. The average Bonchev–Trinajstić information content (AvgIpc) is 3.09. The van der Waals surface area contributed by atoms with Crippen LogP contribution in [0.4, 0.5) is 5.69 Å². The molecule has 102 valence electrons. The molecule has 9 nitrogen and oxygen atoms in total. The molecule has 0 radical (unpaired) electrons. The zero-order valence-electron chi connectivity index (χ0n) is 10.3. The van der Waals surface area contributed by atoms with Crippen molar-refractivity contribution in [1.29, 1.82) is 0 Å². The minimum atomic E-state index is -1.04. The Kier molecular flexibility index (Phi) is 2.97. The summed E-state index contributed by atoms with van der Waals surface area (Å²) in [5, 5.41) is 14.7. The van der Waals surface area contributed by atoms with Crippen LogP contribution in [0.25, 0.3) is 0 Å². The van der Waals surface area contributed by atoms with E-state index in [-0.39, 0.29) is 0 Å². The van der Waals surface area contributed by atoms with Crippen LogP contribution in [-0.2, 0) is 19.8 Å². The molecule has 1 fully saturated rings. The number of ether oxygens (including phenoxy) is 2. The van der Waals surface area contributed by atoms with E-state index in [1.165, 1.54) is 7.11 Å². The molecule has 1 saturated carbocycles. The van der Waals surface area contributed by atoms with Crippen molar-refractivity contribution >= 4 is 17.6 Å². The zero-order valence-corrected chi connectivity index (χ0v) is 10.3. The number of nitro groups is 1. The Morgan fingerprint density at radius 2 is 2.05 bits per heavy atom. The summed E-state index contributed by atoms with van der Waals surface area (Å²) in [5.41, 5.74) is -1.96. The van der Waals surface area contributed by atoms with Crippen LogP contribution in [-0.4, -0.2) is 40.9 Å². The molecule has 1 aromatic rings. The molecule has 0 atom stereocenters. The maximum absolute atomic E-state index is 11.7. The van der Waals surface area contributed by atoms with Gasteiger partial charge in [0.1, 0.15) is 6.20 Å². The van der Waals surface area contributed by atoms with E-state index in [4.69, 9.17) is 0 Å². The van der Waals surface area contributed by atoms with E-state index in [0.29, 0.717) is 12.8 Å². The monoisotopic (exact) mass is 269 g/mol. The van der Waals surface area contributed by atoms with Crippen molar-refractivity contribution in [2.24, 2.45) is 0 Å². The highest BCUT2D eigenvalue weighted by molar-refractivity contribution is 5.91. The summed E-state index contributed by atoms with van der Waals surface area (Å²) >= 11 is 0. The second kappa shape index (κ2) is 4.34. The molecule has 1 aromatic heterocycles. The number of hydrogen-bond donors (Lipinski definition) is 0. The first-order valence-electron chi connectivity index (χ1n) is 5.37. The van der Waals surface area contributed by atoms with Gasteiger partial charge in [-0.05, 0) is 12.8 Å². The molecule has 0 aromatic carbocycles. The molecular formula is C10H11N3O6.